The molecule has 0 aromatic heterocycles. The molecule has 19 heavy (non-hydrogen) atoms. The van der Waals surface area contributed by atoms with Crippen molar-refractivity contribution in [2.45, 2.75) is 38.8 Å². The lowest BCUT2D eigenvalue weighted by molar-refractivity contribution is 0.0782. The second-order valence-corrected chi connectivity index (χ2v) is 6.57. The van der Waals surface area contributed by atoms with E-state index < -0.39 is 0 Å². The van der Waals surface area contributed by atoms with Gasteiger partial charge in [0.2, 0.25) is 0 Å². The standard InChI is InChI=1S/C16H25BrN2/c1-3-9-18-11-14-7-8-16(14)19(2)12-13-5-4-6-15(17)10-13/h4-6,10,14,16,18H,3,7-9,11-12H2,1-2H3. The Labute approximate surface area is 125 Å². The first kappa shape index (κ1) is 15.0. The summed E-state index contributed by atoms with van der Waals surface area (Å²) < 4.78 is 1.17. The number of nitrogens with one attached hydrogen (secondary N) is 1. The maximum Gasteiger partial charge on any atom is 0.0234 e. The minimum atomic E-state index is 0.753. The molecule has 0 heterocycles. The lowest BCUT2D eigenvalue weighted by Gasteiger charge is -2.43. The van der Waals surface area contributed by atoms with Gasteiger partial charge >= 0.3 is 0 Å². The Balaban J connectivity index is 1.81. The predicted octanol–water partition coefficient (Wildman–Crippen LogP) is 3.66. The van der Waals surface area contributed by atoms with Crippen molar-refractivity contribution in [1.82, 2.24) is 10.2 Å². The normalized spacial score (nSPS) is 22.5. The van der Waals surface area contributed by atoms with Crippen LogP contribution in [0.25, 0.3) is 0 Å². The van der Waals surface area contributed by atoms with E-state index in [0.717, 1.165) is 25.0 Å². The van der Waals surface area contributed by atoms with Crippen molar-refractivity contribution in [2.75, 3.05) is 20.1 Å². The molecule has 0 spiro atoms. The summed E-state index contributed by atoms with van der Waals surface area (Å²) in [6.07, 6.45) is 3.96. The summed E-state index contributed by atoms with van der Waals surface area (Å²) in [7, 11) is 2.26. The molecule has 2 unspecified atom stereocenters. The number of nitrogens with zero attached hydrogens (tertiary/aromatic N) is 1. The number of hydrogen-bond donors (Lipinski definition) is 1. The Hall–Kier alpha value is -0.380. The van der Waals surface area contributed by atoms with E-state index in [-0.39, 0.29) is 0 Å². The molecule has 2 nitrogen and oxygen atoms in total. The Morgan fingerprint density at radius 3 is 2.84 bits per heavy atom. The van der Waals surface area contributed by atoms with Gasteiger partial charge in [0.05, 0.1) is 0 Å². The molecule has 1 aromatic carbocycles. The summed E-state index contributed by atoms with van der Waals surface area (Å²) in [6, 6.07) is 9.39. The van der Waals surface area contributed by atoms with Gasteiger partial charge in [0.1, 0.15) is 0 Å². The molecule has 1 N–H and O–H groups in total. The molecule has 1 saturated carbocycles. The minimum Gasteiger partial charge on any atom is -0.316 e. The van der Waals surface area contributed by atoms with E-state index in [9.17, 15) is 0 Å². The number of hydrogen-bond acceptors (Lipinski definition) is 2. The molecule has 106 valence electrons. The van der Waals surface area contributed by atoms with Crippen LogP contribution >= 0.6 is 15.9 Å². The second-order valence-electron chi connectivity index (χ2n) is 5.65. The molecular weight excluding hydrogens is 300 g/mol. The van der Waals surface area contributed by atoms with Crippen molar-refractivity contribution >= 4 is 15.9 Å². The third-order valence-electron chi connectivity index (χ3n) is 4.10. The highest BCUT2D eigenvalue weighted by atomic mass is 79.9. The lowest BCUT2D eigenvalue weighted by atomic mass is 9.78. The van der Waals surface area contributed by atoms with Crippen molar-refractivity contribution in [3.05, 3.63) is 34.3 Å². The maximum atomic E-state index is 3.56. The van der Waals surface area contributed by atoms with E-state index >= 15 is 0 Å². The second kappa shape index (κ2) is 7.41. The zero-order chi connectivity index (χ0) is 13.7. The van der Waals surface area contributed by atoms with E-state index in [1.807, 2.05) is 0 Å². The van der Waals surface area contributed by atoms with Gasteiger partial charge in [-0.05, 0) is 63.0 Å². The average Bonchev–Trinajstić information content (AvgIpc) is 2.33. The Bertz CT molecular complexity index is 394. The van der Waals surface area contributed by atoms with Gasteiger partial charge in [-0.1, -0.05) is 35.0 Å². The number of halogens is 1. The number of rotatable bonds is 7. The molecule has 2 atom stereocenters. The van der Waals surface area contributed by atoms with Gasteiger partial charge in [0.15, 0.2) is 0 Å². The lowest BCUT2D eigenvalue weighted by Crippen LogP contribution is -2.48. The van der Waals surface area contributed by atoms with Crippen molar-refractivity contribution in [3.63, 3.8) is 0 Å². The molecule has 1 aromatic rings. The van der Waals surface area contributed by atoms with Crippen LogP contribution in [0.2, 0.25) is 0 Å². The van der Waals surface area contributed by atoms with E-state index in [1.165, 1.54) is 35.8 Å². The van der Waals surface area contributed by atoms with Crippen LogP contribution in [0, 0.1) is 5.92 Å². The highest BCUT2D eigenvalue weighted by Crippen LogP contribution is 2.31. The van der Waals surface area contributed by atoms with Crippen LogP contribution in [-0.4, -0.2) is 31.1 Å². The van der Waals surface area contributed by atoms with Crippen molar-refractivity contribution in [2.24, 2.45) is 5.92 Å². The summed E-state index contributed by atoms with van der Waals surface area (Å²) in [6.45, 7) is 5.61. The zero-order valence-electron chi connectivity index (χ0n) is 12.0. The third kappa shape index (κ3) is 4.30. The predicted molar refractivity (Wildman–Crippen MR) is 85.3 cm³/mol. The molecule has 0 radical (unpaired) electrons. The first-order chi connectivity index (χ1) is 9.20. The molecule has 0 bridgehead atoms. The van der Waals surface area contributed by atoms with Gasteiger partial charge in [-0.25, -0.2) is 0 Å². The zero-order valence-corrected chi connectivity index (χ0v) is 13.6. The smallest absolute Gasteiger partial charge is 0.0234 e. The third-order valence-corrected chi connectivity index (χ3v) is 4.59. The largest absolute Gasteiger partial charge is 0.316 e. The molecule has 0 aliphatic heterocycles. The Kier molecular flexibility index (Phi) is 5.86. The summed E-state index contributed by atoms with van der Waals surface area (Å²) in [5.74, 6) is 0.837. The van der Waals surface area contributed by atoms with Crippen molar-refractivity contribution in [3.8, 4) is 0 Å². The summed E-state index contributed by atoms with van der Waals surface area (Å²) >= 11 is 3.55. The monoisotopic (exact) mass is 324 g/mol. The highest BCUT2D eigenvalue weighted by molar-refractivity contribution is 9.10. The molecule has 0 saturated heterocycles. The van der Waals surface area contributed by atoms with Crippen LogP contribution in [-0.2, 0) is 6.54 Å². The van der Waals surface area contributed by atoms with Gasteiger partial charge in [-0.2, -0.15) is 0 Å². The SMILES string of the molecule is CCCNCC1CCC1N(C)Cc1cccc(Br)c1. The molecule has 1 aliphatic carbocycles. The van der Waals surface area contributed by atoms with Crippen LogP contribution in [0.4, 0.5) is 0 Å². The molecule has 3 heteroatoms. The minimum absolute atomic E-state index is 0.753. The fourth-order valence-corrected chi connectivity index (χ4v) is 3.32. The van der Waals surface area contributed by atoms with Gasteiger partial charge < -0.3 is 5.32 Å². The quantitative estimate of drug-likeness (QED) is 0.770. The van der Waals surface area contributed by atoms with E-state index in [1.54, 1.807) is 0 Å². The van der Waals surface area contributed by atoms with Crippen LogP contribution < -0.4 is 5.32 Å². The van der Waals surface area contributed by atoms with Gasteiger partial charge in [-0.15, -0.1) is 0 Å². The molecular formula is C16H25BrN2. The Morgan fingerprint density at radius 1 is 1.37 bits per heavy atom. The fourth-order valence-electron chi connectivity index (χ4n) is 2.87. The maximum absolute atomic E-state index is 3.56. The summed E-state index contributed by atoms with van der Waals surface area (Å²) in [5.41, 5.74) is 1.39. The average molecular weight is 325 g/mol. The van der Waals surface area contributed by atoms with E-state index in [0.29, 0.717) is 0 Å². The van der Waals surface area contributed by atoms with E-state index in [4.69, 9.17) is 0 Å². The first-order valence-corrected chi connectivity index (χ1v) is 8.15. The molecule has 2 rings (SSSR count). The summed E-state index contributed by atoms with van der Waals surface area (Å²) in [4.78, 5) is 2.52. The summed E-state index contributed by atoms with van der Waals surface area (Å²) in [5, 5.41) is 3.56. The number of benzene rings is 1. The van der Waals surface area contributed by atoms with Gasteiger partial charge in [0.25, 0.3) is 0 Å². The van der Waals surface area contributed by atoms with Crippen LogP contribution in [0.15, 0.2) is 28.7 Å². The van der Waals surface area contributed by atoms with Gasteiger partial charge in [-0.3, -0.25) is 4.90 Å². The van der Waals surface area contributed by atoms with E-state index in [2.05, 4.69) is 64.4 Å². The molecule has 0 amide bonds. The molecule has 1 fully saturated rings. The molecule has 1 aliphatic rings. The fraction of sp³-hybridized carbons (Fsp3) is 0.625. The van der Waals surface area contributed by atoms with Crippen LogP contribution in [0.5, 0.6) is 0 Å². The first-order valence-electron chi connectivity index (χ1n) is 7.36. The van der Waals surface area contributed by atoms with Crippen molar-refractivity contribution in [1.29, 1.82) is 0 Å². The Morgan fingerprint density at radius 2 is 2.21 bits per heavy atom. The highest BCUT2D eigenvalue weighted by Gasteiger charge is 2.33. The van der Waals surface area contributed by atoms with Crippen LogP contribution in [0.1, 0.15) is 31.7 Å². The topological polar surface area (TPSA) is 15.3 Å². The van der Waals surface area contributed by atoms with Crippen LogP contribution in [0.3, 0.4) is 0 Å². The van der Waals surface area contributed by atoms with Gasteiger partial charge in [0, 0.05) is 17.1 Å². The van der Waals surface area contributed by atoms with Crippen molar-refractivity contribution < 1.29 is 0 Å².